The van der Waals surface area contributed by atoms with Crippen LogP contribution in [0, 0.1) is 21.3 Å². The summed E-state index contributed by atoms with van der Waals surface area (Å²) in [4.78, 5) is 41.1. The van der Waals surface area contributed by atoms with E-state index in [0.717, 1.165) is 46.3 Å². The quantitative estimate of drug-likeness (QED) is 0.0858. The lowest BCUT2D eigenvalue weighted by atomic mass is 9.69. The second-order valence-corrected chi connectivity index (χ2v) is 20.9. The van der Waals surface area contributed by atoms with E-state index in [9.17, 15) is 19.5 Å². The van der Waals surface area contributed by atoms with Gasteiger partial charge < -0.3 is 23.7 Å². The molecule has 2 aliphatic heterocycles. The summed E-state index contributed by atoms with van der Waals surface area (Å²) >= 11 is 2.11. The van der Waals surface area contributed by atoms with Crippen molar-refractivity contribution in [2.45, 2.75) is 70.9 Å². The van der Waals surface area contributed by atoms with Crippen LogP contribution < -0.4 is 15.1 Å². The van der Waals surface area contributed by atoms with Crippen LogP contribution in [0.25, 0.3) is 6.08 Å². The van der Waals surface area contributed by atoms with E-state index in [1.807, 2.05) is 24.3 Å². The average molecular weight is 864 g/mol. The number of benzene rings is 3. The van der Waals surface area contributed by atoms with Crippen LogP contribution in [0.5, 0.6) is 11.5 Å². The fourth-order valence-corrected chi connectivity index (χ4v) is 14.0. The van der Waals surface area contributed by atoms with Gasteiger partial charge in [0.15, 0.2) is 11.5 Å². The molecule has 3 amide bonds. The zero-order valence-electron chi connectivity index (χ0n) is 31.9. The van der Waals surface area contributed by atoms with Gasteiger partial charge in [-0.05, 0) is 92.5 Å². The summed E-state index contributed by atoms with van der Waals surface area (Å²) in [5.41, 5.74) is 4.18. The van der Waals surface area contributed by atoms with Gasteiger partial charge in [-0.2, -0.15) is 4.90 Å². The van der Waals surface area contributed by atoms with Gasteiger partial charge in [0.1, 0.15) is 0 Å². The largest absolute Gasteiger partial charge is 0.504 e. The zero-order valence-corrected chi connectivity index (χ0v) is 35.1. The Kier molecular flexibility index (Phi) is 12.2. The first-order valence-corrected chi connectivity index (χ1v) is 21.6. The van der Waals surface area contributed by atoms with E-state index in [2.05, 4.69) is 105 Å². The molecule has 4 atom stereocenters. The van der Waals surface area contributed by atoms with Gasteiger partial charge >= 0.3 is 6.09 Å². The first-order valence-electron chi connectivity index (χ1n) is 18.7. The Labute approximate surface area is 333 Å². The summed E-state index contributed by atoms with van der Waals surface area (Å²) in [6.45, 7) is 9.40. The molecule has 0 aromatic heterocycles. The third-order valence-electron chi connectivity index (χ3n) is 11.2. The van der Waals surface area contributed by atoms with Gasteiger partial charge in [0.05, 0.1) is 48.9 Å². The molecule has 286 valence electrons. The van der Waals surface area contributed by atoms with Crippen molar-refractivity contribution in [1.82, 2.24) is 4.90 Å². The number of likely N-dealkylation sites (tertiary alicyclic amines) is 1. The summed E-state index contributed by atoms with van der Waals surface area (Å²) in [6.07, 6.45) is 4.47. The van der Waals surface area contributed by atoms with Gasteiger partial charge in [0.25, 0.3) is 8.32 Å². The van der Waals surface area contributed by atoms with Crippen LogP contribution in [0.1, 0.15) is 65.4 Å². The summed E-state index contributed by atoms with van der Waals surface area (Å²) in [7, 11) is -0.228. The number of aromatic hydroxyl groups is 1. The molecule has 54 heavy (non-hydrogen) atoms. The molecule has 2 saturated heterocycles. The number of carbonyl (C=O) groups is 3. The van der Waals surface area contributed by atoms with E-state index in [1.54, 1.807) is 7.11 Å². The Hall–Kier alpha value is -3.78. The fourth-order valence-electron chi connectivity index (χ4n) is 8.81. The Bertz CT molecular complexity index is 1900. The van der Waals surface area contributed by atoms with E-state index in [4.69, 9.17) is 18.6 Å². The predicted octanol–water partition coefficient (Wildman–Crippen LogP) is 7.63. The van der Waals surface area contributed by atoms with E-state index in [0.29, 0.717) is 27.1 Å². The first-order chi connectivity index (χ1) is 25.9. The molecule has 1 N–H and O–H groups in total. The minimum absolute atomic E-state index is 0.124. The molecule has 3 aliphatic rings. The Morgan fingerprint density at radius 1 is 0.981 bits per heavy atom. The van der Waals surface area contributed by atoms with Gasteiger partial charge in [-0.3, -0.25) is 9.59 Å². The van der Waals surface area contributed by atoms with Crippen LogP contribution in [0.3, 0.4) is 0 Å². The number of hydrogen-bond acceptors (Lipinski definition) is 8. The maximum absolute atomic E-state index is 13.8. The number of amides is 3. The third kappa shape index (κ3) is 7.44. The van der Waals surface area contributed by atoms with Crippen LogP contribution in [0.4, 0.5) is 4.79 Å². The maximum atomic E-state index is 13.8. The molecule has 1 aliphatic carbocycles. The van der Waals surface area contributed by atoms with Crippen LogP contribution in [-0.4, -0.2) is 69.8 Å². The third-order valence-corrected chi connectivity index (χ3v) is 17.0. The normalized spacial score (nSPS) is 21.7. The monoisotopic (exact) mass is 863 g/mol. The number of imide groups is 3. The van der Waals surface area contributed by atoms with Gasteiger partial charge in [-0.1, -0.05) is 106 Å². The molecule has 0 unspecified atom stereocenters. The number of carbonyl (C=O) groups excluding carboxylic acids is 3. The molecular weight excluding hydrogens is 813 g/mol. The highest BCUT2D eigenvalue weighted by Gasteiger charge is 2.59. The summed E-state index contributed by atoms with van der Waals surface area (Å²) in [5, 5.41) is 12.4. The number of rotatable bonds is 12. The minimum atomic E-state index is -2.96. The van der Waals surface area contributed by atoms with Crippen LogP contribution in [-0.2, 0) is 23.5 Å². The molecule has 3 aromatic carbocycles. The lowest BCUT2D eigenvalue weighted by Crippen LogP contribution is -2.66. The first kappa shape index (κ1) is 39.9. The minimum Gasteiger partial charge on any atom is -0.504 e. The number of ether oxygens (including phenoxy) is 3. The second-order valence-electron chi connectivity index (χ2n) is 15.4. The molecule has 11 heteroatoms. The molecule has 0 saturated carbocycles. The number of phenols is 1. The standard InChI is InChI=1S/C43H50INO8Si/c1-7-14-27(21-28-22-34(44)39(46)36(23-28)50-5)19-20-35-37-29(24-32-38(33(37)26-52-35)41(48)45(40(32)47)42(49)51-6)25-53-54(43(2,3)4,30-15-10-8-11-16-30)31-17-12-9-13-18-31/h8-13,15-18,21-23,32-33,35,38,46H,7,14,19-20,24-26H2,1-6H3/b27-21+/t32-,33+,35-,38-/m1/s1. The van der Waals surface area contributed by atoms with E-state index < -0.39 is 38.1 Å². The van der Waals surface area contributed by atoms with Crippen molar-refractivity contribution in [3.8, 4) is 11.5 Å². The number of allylic oxidation sites excluding steroid dienone is 1. The number of hydrogen-bond donors (Lipinski definition) is 1. The van der Waals surface area contributed by atoms with Crippen molar-refractivity contribution < 1.29 is 38.1 Å². The summed E-state index contributed by atoms with van der Waals surface area (Å²) < 4.78 is 25.0. The molecular formula is C43H50INO8Si. The van der Waals surface area contributed by atoms with E-state index in [-0.39, 0.29) is 36.0 Å². The van der Waals surface area contributed by atoms with Gasteiger partial charge in [-0.25, -0.2) is 4.79 Å². The van der Waals surface area contributed by atoms with Gasteiger partial charge in [0.2, 0.25) is 11.8 Å². The van der Waals surface area contributed by atoms with Gasteiger partial charge in [-0.15, -0.1) is 0 Å². The average Bonchev–Trinajstić information content (AvgIpc) is 3.69. The molecule has 6 rings (SSSR count). The van der Waals surface area contributed by atoms with Crippen molar-refractivity contribution in [3.05, 3.63) is 98.6 Å². The molecule has 0 bridgehead atoms. The van der Waals surface area contributed by atoms with E-state index >= 15 is 0 Å². The highest BCUT2D eigenvalue weighted by Crippen LogP contribution is 2.51. The number of methoxy groups -OCH3 is 2. The Balaban J connectivity index is 1.40. The van der Waals surface area contributed by atoms with Gasteiger partial charge in [0, 0.05) is 5.92 Å². The smallest absolute Gasteiger partial charge is 0.423 e. The Morgan fingerprint density at radius 2 is 1.63 bits per heavy atom. The van der Waals surface area contributed by atoms with Crippen LogP contribution in [0.15, 0.2) is 89.5 Å². The topological polar surface area (TPSA) is 112 Å². The van der Waals surface area contributed by atoms with Crippen molar-refractivity contribution >= 4 is 65.3 Å². The highest BCUT2D eigenvalue weighted by atomic mass is 127. The lowest BCUT2D eigenvalue weighted by Gasteiger charge is -2.44. The lowest BCUT2D eigenvalue weighted by molar-refractivity contribution is -0.137. The second kappa shape index (κ2) is 16.5. The van der Waals surface area contributed by atoms with Crippen molar-refractivity contribution in [2.24, 2.45) is 17.8 Å². The number of nitrogens with zero attached hydrogens (tertiary/aromatic N) is 1. The molecule has 9 nitrogen and oxygen atoms in total. The molecule has 2 fully saturated rings. The molecule has 2 heterocycles. The Morgan fingerprint density at radius 3 is 2.20 bits per heavy atom. The maximum Gasteiger partial charge on any atom is 0.423 e. The van der Waals surface area contributed by atoms with Crippen LogP contribution in [0.2, 0.25) is 5.04 Å². The predicted molar refractivity (Wildman–Crippen MR) is 219 cm³/mol. The molecule has 0 spiro atoms. The fraction of sp³-hybridized carbons (Fsp3) is 0.419. The SMILES string of the molecule is CCC/C(=C\c1cc(I)c(O)c(OC)c1)CC[C@H]1OC[C@H]2C1=C(CO[Si](c1ccccc1)(c1ccccc1)C(C)(C)C)C[C@H]1C(=O)N(C(=O)OC)C(=O)[C@H]12. The number of halogens is 1. The summed E-state index contributed by atoms with van der Waals surface area (Å²) in [5.74, 6) is -2.25. The number of fused-ring (bicyclic) bond motifs is 3. The van der Waals surface area contributed by atoms with E-state index in [1.165, 1.54) is 12.7 Å². The van der Waals surface area contributed by atoms with Crippen LogP contribution >= 0.6 is 22.6 Å². The van der Waals surface area contributed by atoms with Crippen molar-refractivity contribution in [3.63, 3.8) is 0 Å². The zero-order chi connectivity index (χ0) is 38.8. The van der Waals surface area contributed by atoms with Crippen molar-refractivity contribution in [1.29, 1.82) is 0 Å². The molecule has 0 radical (unpaired) electrons. The molecule has 3 aromatic rings. The highest BCUT2D eigenvalue weighted by molar-refractivity contribution is 14.1. The summed E-state index contributed by atoms with van der Waals surface area (Å²) in [6, 6.07) is 24.7. The number of phenolic OH excluding ortho intramolecular Hbond substituents is 1. The van der Waals surface area contributed by atoms with Crippen molar-refractivity contribution in [2.75, 3.05) is 27.4 Å².